The van der Waals surface area contributed by atoms with Crippen molar-refractivity contribution >= 4 is 27.3 Å². The lowest BCUT2D eigenvalue weighted by atomic mass is 10.2. The number of benzene rings is 3. The van der Waals surface area contributed by atoms with E-state index in [1.54, 1.807) is 60.7 Å². The fourth-order valence-corrected chi connectivity index (χ4v) is 4.12. The van der Waals surface area contributed by atoms with Crippen LogP contribution in [0.4, 0.5) is 11.4 Å². The normalized spacial score (nSPS) is 11.0. The zero-order valence-corrected chi connectivity index (χ0v) is 18.9. The molecule has 0 aliphatic carbocycles. The summed E-state index contributed by atoms with van der Waals surface area (Å²) in [5.41, 5.74) is 1.48. The van der Waals surface area contributed by atoms with E-state index in [-0.39, 0.29) is 10.8 Å². The number of carbonyl (C=O) groups is 1. The molecular weight excluding hydrogens is 424 g/mol. The van der Waals surface area contributed by atoms with Gasteiger partial charge in [-0.2, -0.15) is 0 Å². The van der Waals surface area contributed by atoms with Crippen LogP contribution in [0, 0.1) is 0 Å². The molecule has 0 bridgehead atoms. The molecule has 6 nitrogen and oxygen atoms in total. The van der Waals surface area contributed by atoms with Gasteiger partial charge in [-0.05, 0) is 67.1 Å². The Balaban J connectivity index is 1.55. The molecule has 0 aromatic heterocycles. The molecule has 3 aromatic carbocycles. The Hall–Kier alpha value is -3.32. The molecule has 2 N–H and O–H groups in total. The molecule has 0 aliphatic rings. The highest BCUT2D eigenvalue weighted by atomic mass is 32.2. The first kappa shape index (κ1) is 23.3. The van der Waals surface area contributed by atoms with Gasteiger partial charge in [0.15, 0.2) is 0 Å². The first-order chi connectivity index (χ1) is 15.5. The minimum atomic E-state index is -3.71. The third-order valence-corrected chi connectivity index (χ3v) is 6.23. The summed E-state index contributed by atoms with van der Waals surface area (Å²) in [6.07, 6.45) is 4.56. The minimum absolute atomic E-state index is 0.111. The molecule has 0 unspecified atom stereocenters. The van der Waals surface area contributed by atoms with Crippen molar-refractivity contribution in [2.24, 2.45) is 0 Å². The quantitative estimate of drug-likeness (QED) is 0.366. The second-order valence-electron chi connectivity index (χ2n) is 7.38. The van der Waals surface area contributed by atoms with Gasteiger partial charge in [-0.25, -0.2) is 8.42 Å². The predicted octanol–water partition coefficient (Wildman–Crippen LogP) is 5.70. The number of unbranched alkanes of at least 4 members (excludes halogenated alkanes) is 3. The number of rotatable bonds is 11. The van der Waals surface area contributed by atoms with E-state index in [0.29, 0.717) is 23.5 Å². The number of sulfonamides is 1. The monoisotopic (exact) mass is 452 g/mol. The van der Waals surface area contributed by atoms with E-state index in [0.717, 1.165) is 18.6 Å². The number of para-hydroxylation sites is 1. The largest absolute Gasteiger partial charge is 0.494 e. The maximum Gasteiger partial charge on any atom is 0.261 e. The summed E-state index contributed by atoms with van der Waals surface area (Å²) in [4.78, 5) is 12.6. The maximum absolute atomic E-state index is 12.5. The summed E-state index contributed by atoms with van der Waals surface area (Å²) < 4.78 is 33.2. The van der Waals surface area contributed by atoms with Crippen molar-refractivity contribution in [2.45, 2.75) is 37.5 Å². The molecule has 1 amide bonds. The Morgan fingerprint density at radius 3 is 2.16 bits per heavy atom. The molecule has 0 atom stereocenters. The molecule has 0 spiro atoms. The van der Waals surface area contributed by atoms with Gasteiger partial charge in [0.05, 0.1) is 11.5 Å². The van der Waals surface area contributed by atoms with Crippen molar-refractivity contribution in [3.05, 3.63) is 84.4 Å². The summed E-state index contributed by atoms with van der Waals surface area (Å²) in [5, 5.41) is 2.78. The number of amides is 1. The van der Waals surface area contributed by atoms with Gasteiger partial charge in [-0.3, -0.25) is 9.52 Å². The van der Waals surface area contributed by atoms with Crippen LogP contribution in [-0.2, 0) is 10.0 Å². The standard InChI is InChI=1S/C25H28N2O4S/c1-2-3-4-8-19-31-23-15-11-20(12-16-23)25(28)26-21-13-17-24(18-14-21)32(29,30)27-22-9-6-5-7-10-22/h5-7,9-18,27H,2-4,8,19H2,1H3,(H,26,28). The number of hydrogen-bond donors (Lipinski definition) is 2. The number of hydrogen-bond acceptors (Lipinski definition) is 4. The summed E-state index contributed by atoms with van der Waals surface area (Å²) in [5.74, 6) is 0.455. The number of ether oxygens (including phenoxy) is 1. The van der Waals surface area contributed by atoms with Crippen LogP contribution in [0.5, 0.6) is 5.75 Å². The Morgan fingerprint density at radius 2 is 1.50 bits per heavy atom. The van der Waals surface area contributed by atoms with E-state index < -0.39 is 10.0 Å². The number of nitrogens with one attached hydrogen (secondary N) is 2. The van der Waals surface area contributed by atoms with Gasteiger partial charge in [-0.15, -0.1) is 0 Å². The molecule has 0 fully saturated rings. The lowest BCUT2D eigenvalue weighted by Crippen LogP contribution is -2.14. The molecule has 7 heteroatoms. The third kappa shape index (κ3) is 6.85. The smallest absolute Gasteiger partial charge is 0.261 e. The van der Waals surface area contributed by atoms with Gasteiger partial charge >= 0.3 is 0 Å². The third-order valence-electron chi connectivity index (χ3n) is 4.83. The van der Waals surface area contributed by atoms with Crippen LogP contribution < -0.4 is 14.8 Å². The lowest BCUT2D eigenvalue weighted by Gasteiger charge is -2.10. The van der Waals surface area contributed by atoms with E-state index in [4.69, 9.17) is 4.74 Å². The minimum Gasteiger partial charge on any atom is -0.494 e. The lowest BCUT2D eigenvalue weighted by molar-refractivity contribution is 0.102. The Labute approximate surface area is 189 Å². The Kier molecular flexibility index (Phi) is 8.27. The van der Waals surface area contributed by atoms with Gasteiger partial charge in [0.1, 0.15) is 5.75 Å². The number of carbonyl (C=O) groups excluding carboxylic acids is 1. The van der Waals surface area contributed by atoms with Gasteiger partial charge in [0.2, 0.25) is 0 Å². The zero-order chi connectivity index (χ0) is 22.8. The van der Waals surface area contributed by atoms with Gasteiger partial charge in [-0.1, -0.05) is 44.4 Å². The summed E-state index contributed by atoms with van der Waals surface area (Å²) in [7, 11) is -3.71. The summed E-state index contributed by atoms with van der Waals surface area (Å²) in [6, 6.07) is 21.7. The van der Waals surface area contributed by atoms with Crippen molar-refractivity contribution in [3.8, 4) is 5.75 Å². The molecule has 3 rings (SSSR count). The molecule has 0 saturated heterocycles. The molecule has 0 heterocycles. The second-order valence-corrected chi connectivity index (χ2v) is 9.07. The molecule has 168 valence electrons. The van der Waals surface area contributed by atoms with E-state index in [2.05, 4.69) is 17.0 Å². The average Bonchev–Trinajstić information content (AvgIpc) is 2.80. The van der Waals surface area contributed by atoms with Crippen molar-refractivity contribution in [1.29, 1.82) is 0 Å². The van der Waals surface area contributed by atoms with E-state index in [1.807, 2.05) is 6.07 Å². The summed E-state index contributed by atoms with van der Waals surface area (Å²) >= 11 is 0. The van der Waals surface area contributed by atoms with Crippen molar-refractivity contribution in [2.75, 3.05) is 16.6 Å². The van der Waals surface area contributed by atoms with Gasteiger partial charge in [0, 0.05) is 16.9 Å². The molecular formula is C25H28N2O4S. The number of anilines is 2. The zero-order valence-electron chi connectivity index (χ0n) is 18.1. The molecule has 0 radical (unpaired) electrons. The second kappa shape index (κ2) is 11.3. The highest BCUT2D eigenvalue weighted by Crippen LogP contribution is 2.19. The Morgan fingerprint density at radius 1 is 0.812 bits per heavy atom. The Bertz CT molecular complexity index is 1100. The van der Waals surface area contributed by atoms with Crippen LogP contribution >= 0.6 is 0 Å². The van der Waals surface area contributed by atoms with Gasteiger partial charge in [0.25, 0.3) is 15.9 Å². The van der Waals surface area contributed by atoms with Crippen molar-refractivity contribution in [3.63, 3.8) is 0 Å². The topological polar surface area (TPSA) is 84.5 Å². The van der Waals surface area contributed by atoms with Crippen molar-refractivity contribution in [1.82, 2.24) is 0 Å². The first-order valence-corrected chi connectivity index (χ1v) is 12.2. The molecule has 32 heavy (non-hydrogen) atoms. The van der Waals surface area contributed by atoms with Crippen LogP contribution in [0.2, 0.25) is 0 Å². The van der Waals surface area contributed by atoms with Crippen LogP contribution in [-0.4, -0.2) is 20.9 Å². The maximum atomic E-state index is 12.5. The fourth-order valence-electron chi connectivity index (χ4n) is 3.06. The van der Waals surface area contributed by atoms with E-state index in [1.165, 1.54) is 25.0 Å². The summed E-state index contributed by atoms with van der Waals surface area (Å²) in [6.45, 7) is 2.84. The average molecular weight is 453 g/mol. The van der Waals surface area contributed by atoms with Gasteiger partial charge < -0.3 is 10.1 Å². The van der Waals surface area contributed by atoms with E-state index in [9.17, 15) is 13.2 Å². The van der Waals surface area contributed by atoms with E-state index >= 15 is 0 Å². The molecule has 0 aliphatic heterocycles. The van der Waals surface area contributed by atoms with Crippen LogP contribution in [0.15, 0.2) is 83.8 Å². The highest BCUT2D eigenvalue weighted by Gasteiger charge is 2.14. The fraction of sp³-hybridized carbons (Fsp3) is 0.240. The van der Waals surface area contributed by atoms with Crippen LogP contribution in [0.3, 0.4) is 0 Å². The predicted molar refractivity (Wildman–Crippen MR) is 128 cm³/mol. The molecule has 0 saturated carbocycles. The first-order valence-electron chi connectivity index (χ1n) is 10.7. The van der Waals surface area contributed by atoms with Crippen LogP contribution in [0.1, 0.15) is 43.0 Å². The molecule has 3 aromatic rings. The highest BCUT2D eigenvalue weighted by molar-refractivity contribution is 7.92. The SMILES string of the molecule is CCCCCCOc1ccc(C(=O)Nc2ccc(S(=O)(=O)Nc3ccccc3)cc2)cc1. The van der Waals surface area contributed by atoms with Crippen LogP contribution in [0.25, 0.3) is 0 Å². The van der Waals surface area contributed by atoms with Crippen molar-refractivity contribution < 1.29 is 17.9 Å².